The van der Waals surface area contributed by atoms with Crippen molar-refractivity contribution in [2.45, 2.75) is 6.54 Å². The Morgan fingerprint density at radius 1 is 1.14 bits per heavy atom. The van der Waals surface area contributed by atoms with Crippen LogP contribution in [0.5, 0.6) is 0 Å². The summed E-state index contributed by atoms with van der Waals surface area (Å²) in [5.41, 5.74) is 2.05. The number of aromatic nitrogens is 1. The van der Waals surface area contributed by atoms with E-state index in [1.54, 1.807) is 16.8 Å². The average molecular weight is 395 g/mol. The van der Waals surface area contributed by atoms with Crippen LogP contribution in [0.2, 0.25) is 0 Å². The van der Waals surface area contributed by atoms with Gasteiger partial charge in [0.2, 0.25) is 5.91 Å². The molecule has 28 heavy (non-hydrogen) atoms. The second-order valence-electron chi connectivity index (χ2n) is 6.14. The van der Waals surface area contributed by atoms with Gasteiger partial charge in [-0.15, -0.1) is 0 Å². The minimum absolute atomic E-state index is 0.0410. The SMILES string of the molecule is O=C(Cn1cc(/C=C2\SC(=O)NC2=O)c2ccccc21)Nc1ccc(F)cc1. The predicted octanol–water partition coefficient (Wildman–Crippen LogP) is 3.74. The second-order valence-corrected chi connectivity index (χ2v) is 7.15. The Morgan fingerprint density at radius 2 is 1.89 bits per heavy atom. The zero-order valence-corrected chi connectivity index (χ0v) is 15.3. The standard InChI is InChI=1S/C20H14FN3O3S/c21-13-5-7-14(8-6-13)22-18(25)11-24-10-12(15-3-1-2-4-16(15)24)9-17-19(26)23-20(27)28-17/h1-10H,11H2,(H,22,25)(H,23,26,27)/b17-9-. The fraction of sp³-hybridized carbons (Fsp3) is 0.0500. The van der Waals surface area contributed by atoms with Crippen molar-refractivity contribution >= 4 is 51.5 Å². The van der Waals surface area contributed by atoms with Gasteiger partial charge in [0.1, 0.15) is 12.4 Å². The van der Waals surface area contributed by atoms with Gasteiger partial charge in [0, 0.05) is 28.4 Å². The summed E-state index contributed by atoms with van der Waals surface area (Å²) in [6, 6.07) is 13.0. The Bertz CT molecular complexity index is 1140. The van der Waals surface area contributed by atoms with Crippen LogP contribution in [0, 0.1) is 5.82 Å². The molecule has 1 fully saturated rings. The largest absolute Gasteiger partial charge is 0.337 e. The van der Waals surface area contributed by atoms with Crippen molar-refractivity contribution in [3.63, 3.8) is 0 Å². The van der Waals surface area contributed by atoms with Crippen LogP contribution in [0.3, 0.4) is 0 Å². The number of hydrogen-bond acceptors (Lipinski definition) is 4. The molecule has 0 atom stereocenters. The van der Waals surface area contributed by atoms with Gasteiger partial charge in [-0.1, -0.05) is 18.2 Å². The number of halogens is 1. The van der Waals surface area contributed by atoms with E-state index in [0.29, 0.717) is 10.6 Å². The van der Waals surface area contributed by atoms with Crippen molar-refractivity contribution in [1.29, 1.82) is 0 Å². The highest BCUT2D eigenvalue weighted by Crippen LogP contribution is 2.29. The van der Waals surface area contributed by atoms with Crippen LogP contribution in [0.4, 0.5) is 14.9 Å². The highest BCUT2D eigenvalue weighted by molar-refractivity contribution is 8.18. The average Bonchev–Trinajstić information content (AvgIpc) is 3.17. The number of amides is 3. The minimum Gasteiger partial charge on any atom is -0.337 e. The Kier molecular flexibility index (Phi) is 4.70. The molecule has 1 aromatic heterocycles. The number of para-hydroxylation sites is 1. The lowest BCUT2D eigenvalue weighted by atomic mass is 10.1. The Labute approximate surface area is 163 Å². The van der Waals surface area contributed by atoms with Gasteiger partial charge in [-0.2, -0.15) is 0 Å². The third kappa shape index (κ3) is 3.67. The zero-order valence-electron chi connectivity index (χ0n) is 14.4. The zero-order chi connectivity index (χ0) is 19.7. The highest BCUT2D eigenvalue weighted by atomic mass is 32.2. The molecule has 0 aliphatic carbocycles. The number of rotatable bonds is 4. The van der Waals surface area contributed by atoms with Crippen molar-refractivity contribution in [1.82, 2.24) is 9.88 Å². The lowest BCUT2D eigenvalue weighted by Crippen LogP contribution is -2.18. The quantitative estimate of drug-likeness (QED) is 0.660. The Morgan fingerprint density at radius 3 is 2.61 bits per heavy atom. The van der Waals surface area contributed by atoms with Crippen LogP contribution in [0.25, 0.3) is 17.0 Å². The summed E-state index contributed by atoms with van der Waals surface area (Å²) in [5.74, 6) is -1.07. The molecule has 8 heteroatoms. The van der Waals surface area contributed by atoms with Gasteiger partial charge in [0.25, 0.3) is 11.1 Å². The van der Waals surface area contributed by atoms with E-state index in [4.69, 9.17) is 0 Å². The van der Waals surface area contributed by atoms with Crippen molar-refractivity contribution in [2.24, 2.45) is 0 Å². The number of nitrogens with one attached hydrogen (secondary N) is 2. The maximum atomic E-state index is 13.0. The van der Waals surface area contributed by atoms with E-state index in [9.17, 15) is 18.8 Å². The van der Waals surface area contributed by atoms with Crippen LogP contribution in [0.15, 0.2) is 59.6 Å². The summed E-state index contributed by atoms with van der Waals surface area (Å²) in [6.45, 7) is 0.0410. The normalized spacial score (nSPS) is 15.2. The summed E-state index contributed by atoms with van der Waals surface area (Å²) in [6.07, 6.45) is 3.40. The van der Waals surface area contributed by atoms with Gasteiger partial charge in [0.15, 0.2) is 0 Å². The van der Waals surface area contributed by atoms with Gasteiger partial charge in [-0.25, -0.2) is 4.39 Å². The highest BCUT2D eigenvalue weighted by Gasteiger charge is 2.25. The van der Waals surface area contributed by atoms with Gasteiger partial charge >= 0.3 is 0 Å². The van der Waals surface area contributed by atoms with Crippen LogP contribution in [-0.2, 0) is 16.1 Å². The lowest BCUT2D eigenvalue weighted by Gasteiger charge is -2.07. The van der Waals surface area contributed by atoms with Gasteiger partial charge in [-0.3, -0.25) is 19.7 Å². The molecule has 3 aromatic rings. The first-order chi connectivity index (χ1) is 13.5. The third-order valence-electron chi connectivity index (χ3n) is 4.19. The predicted molar refractivity (Wildman–Crippen MR) is 106 cm³/mol. The van der Waals surface area contributed by atoms with Crippen LogP contribution in [-0.4, -0.2) is 21.6 Å². The molecule has 0 bridgehead atoms. The van der Waals surface area contributed by atoms with Gasteiger partial charge in [-0.05, 0) is 48.2 Å². The van der Waals surface area contributed by atoms with Crippen molar-refractivity contribution in [2.75, 3.05) is 5.32 Å². The van der Waals surface area contributed by atoms with Gasteiger partial charge < -0.3 is 9.88 Å². The molecule has 2 N–H and O–H groups in total. The maximum Gasteiger partial charge on any atom is 0.290 e. The number of anilines is 1. The summed E-state index contributed by atoms with van der Waals surface area (Å²) < 4.78 is 14.8. The van der Waals surface area contributed by atoms with Crippen molar-refractivity contribution < 1.29 is 18.8 Å². The summed E-state index contributed by atoms with van der Waals surface area (Å²) >= 11 is 0.845. The number of thioether (sulfide) groups is 1. The van der Waals surface area contributed by atoms with E-state index in [1.807, 2.05) is 24.3 Å². The maximum absolute atomic E-state index is 13.0. The van der Waals surface area contributed by atoms with Crippen LogP contribution < -0.4 is 10.6 Å². The Balaban J connectivity index is 1.62. The molecule has 0 saturated carbocycles. The molecule has 2 aromatic carbocycles. The van der Waals surface area contributed by atoms with Crippen molar-refractivity contribution in [3.05, 3.63) is 71.0 Å². The number of carbonyl (C=O) groups excluding carboxylic acids is 3. The number of carbonyl (C=O) groups is 3. The van der Waals surface area contributed by atoms with E-state index in [-0.39, 0.29) is 18.3 Å². The fourth-order valence-corrected chi connectivity index (χ4v) is 3.64. The fourth-order valence-electron chi connectivity index (χ4n) is 2.97. The van der Waals surface area contributed by atoms with E-state index in [0.717, 1.165) is 28.2 Å². The topological polar surface area (TPSA) is 80.2 Å². The molecule has 4 rings (SSSR count). The molecule has 1 aliphatic heterocycles. The van der Waals surface area contributed by atoms with E-state index in [1.165, 1.54) is 24.3 Å². The van der Waals surface area contributed by atoms with Crippen molar-refractivity contribution in [3.8, 4) is 0 Å². The van der Waals surface area contributed by atoms with E-state index in [2.05, 4.69) is 10.6 Å². The summed E-state index contributed by atoms with van der Waals surface area (Å²) in [5, 5.41) is 5.40. The number of fused-ring (bicyclic) bond motifs is 1. The summed E-state index contributed by atoms with van der Waals surface area (Å²) in [4.78, 5) is 35.9. The molecule has 6 nitrogen and oxygen atoms in total. The molecule has 0 radical (unpaired) electrons. The molecule has 3 amide bonds. The lowest BCUT2D eigenvalue weighted by molar-refractivity contribution is -0.117. The second kappa shape index (κ2) is 7.32. The molecule has 140 valence electrons. The molecular weight excluding hydrogens is 381 g/mol. The Hall–Kier alpha value is -3.39. The number of imide groups is 1. The number of benzene rings is 2. The molecular formula is C20H14FN3O3S. The molecule has 0 unspecified atom stereocenters. The first kappa shape index (κ1) is 18.0. The van der Waals surface area contributed by atoms with Gasteiger partial charge in [0.05, 0.1) is 4.91 Å². The molecule has 1 aliphatic rings. The number of hydrogen-bond donors (Lipinski definition) is 2. The minimum atomic E-state index is -0.430. The van der Waals surface area contributed by atoms with Crippen LogP contribution >= 0.6 is 11.8 Å². The smallest absolute Gasteiger partial charge is 0.290 e. The van der Waals surface area contributed by atoms with Crippen LogP contribution in [0.1, 0.15) is 5.56 Å². The van der Waals surface area contributed by atoms with E-state index < -0.39 is 11.1 Å². The molecule has 0 spiro atoms. The summed E-state index contributed by atoms with van der Waals surface area (Å²) in [7, 11) is 0. The number of nitrogens with zero attached hydrogens (tertiary/aromatic N) is 1. The monoisotopic (exact) mass is 395 g/mol. The molecule has 1 saturated heterocycles. The first-order valence-corrected chi connectivity index (χ1v) is 9.19. The third-order valence-corrected chi connectivity index (χ3v) is 5.00. The van der Waals surface area contributed by atoms with E-state index >= 15 is 0 Å². The first-order valence-electron chi connectivity index (χ1n) is 8.38. The molecule has 2 heterocycles.